The molecule has 0 aromatic heterocycles. The average molecular weight is 570 g/mol. The Kier molecular flexibility index (Phi) is 10.2. The summed E-state index contributed by atoms with van der Waals surface area (Å²) < 4.78 is 5.73. The molecule has 3 amide bonds. The van der Waals surface area contributed by atoms with E-state index in [9.17, 15) is 14.4 Å². The number of amides is 3. The molecule has 2 fully saturated rings. The van der Waals surface area contributed by atoms with Gasteiger partial charge in [0.25, 0.3) is 5.91 Å². The second-order valence-electron chi connectivity index (χ2n) is 10.9. The van der Waals surface area contributed by atoms with E-state index in [1.54, 1.807) is 24.3 Å². The highest BCUT2D eigenvalue weighted by atomic mass is 16.6. The SMILES string of the molecule is O=C(CNCC1CC1)Nc1cccc(C(=O)NCCN2CCC(OC(=O)Nc3ccccc3-c3ccccc3)CC2)c1. The van der Waals surface area contributed by atoms with Gasteiger partial charge in [0.2, 0.25) is 5.91 Å². The van der Waals surface area contributed by atoms with E-state index in [0.717, 1.165) is 49.3 Å². The molecule has 220 valence electrons. The second kappa shape index (κ2) is 14.6. The summed E-state index contributed by atoms with van der Waals surface area (Å²) in [5.41, 5.74) is 3.80. The lowest BCUT2D eigenvalue weighted by atomic mass is 10.0. The first-order valence-corrected chi connectivity index (χ1v) is 14.8. The van der Waals surface area contributed by atoms with Gasteiger partial charge in [-0.2, -0.15) is 0 Å². The third kappa shape index (κ3) is 8.89. The number of rotatable bonds is 12. The Hall–Kier alpha value is -4.21. The molecular formula is C33H39N5O4. The first-order chi connectivity index (χ1) is 20.5. The predicted octanol–water partition coefficient (Wildman–Crippen LogP) is 4.73. The summed E-state index contributed by atoms with van der Waals surface area (Å²) >= 11 is 0. The number of carbonyl (C=O) groups excluding carboxylic acids is 3. The highest BCUT2D eigenvalue weighted by Crippen LogP contribution is 2.28. The highest BCUT2D eigenvalue weighted by Gasteiger charge is 2.23. The smallest absolute Gasteiger partial charge is 0.411 e. The number of likely N-dealkylation sites (tertiary alicyclic amines) is 1. The average Bonchev–Trinajstić information content (AvgIpc) is 3.83. The summed E-state index contributed by atoms with van der Waals surface area (Å²) in [4.78, 5) is 39.8. The normalized spacial score (nSPS) is 15.5. The number of hydrogen-bond donors (Lipinski definition) is 4. The van der Waals surface area contributed by atoms with Crippen molar-refractivity contribution < 1.29 is 19.1 Å². The number of benzene rings is 3. The van der Waals surface area contributed by atoms with Gasteiger partial charge in [-0.1, -0.05) is 54.6 Å². The second-order valence-corrected chi connectivity index (χ2v) is 10.9. The van der Waals surface area contributed by atoms with Gasteiger partial charge in [0.15, 0.2) is 0 Å². The summed E-state index contributed by atoms with van der Waals surface area (Å²) in [5.74, 6) is 0.420. The number of hydrogen-bond acceptors (Lipinski definition) is 6. The molecule has 42 heavy (non-hydrogen) atoms. The Morgan fingerprint density at radius 1 is 0.833 bits per heavy atom. The predicted molar refractivity (Wildman–Crippen MR) is 164 cm³/mol. The van der Waals surface area contributed by atoms with Crippen LogP contribution in [0.25, 0.3) is 11.1 Å². The van der Waals surface area contributed by atoms with Crippen molar-refractivity contribution >= 4 is 29.3 Å². The Morgan fingerprint density at radius 3 is 2.38 bits per heavy atom. The molecular weight excluding hydrogens is 530 g/mol. The summed E-state index contributed by atoms with van der Waals surface area (Å²) in [7, 11) is 0. The molecule has 4 N–H and O–H groups in total. The number of anilines is 2. The largest absolute Gasteiger partial charge is 0.446 e. The van der Waals surface area contributed by atoms with Crippen LogP contribution < -0.4 is 21.3 Å². The van der Waals surface area contributed by atoms with Crippen LogP contribution in [0.5, 0.6) is 0 Å². The van der Waals surface area contributed by atoms with Crippen LogP contribution in [0.3, 0.4) is 0 Å². The van der Waals surface area contributed by atoms with Crippen molar-refractivity contribution in [1.82, 2.24) is 15.5 Å². The van der Waals surface area contributed by atoms with Gasteiger partial charge in [-0.15, -0.1) is 0 Å². The number of nitrogens with one attached hydrogen (secondary N) is 4. The maximum absolute atomic E-state index is 12.7. The van der Waals surface area contributed by atoms with Crippen LogP contribution in [0.2, 0.25) is 0 Å². The quantitative estimate of drug-likeness (QED) is 0.251. The summed E-state index contributed by atoms with van der Waals surface area (Å²) in [6, 6.07) is 24.6. The van der Waals surface area contributed by atoms with Gasteiger partial charge < -0.3 is 25.6 Å². The zero-order valence-electron chi connectivity index (χ0n) is 23.8. The van der Waals surface area contributed by atoms with Crippen molar-refractivity contribution in [2.45, 2.75) is 31.8 Å². The van der Waals surface area contributed by atoms with Crippen molar-refractivity contribution in [3.63, 3.8) is 0 Å². The molecule has 3 aromatic rings. The van der Waals surface area contributed by atoms with Crippen LogP contribution in [0.15, 0.2) is 78.9 Å². The first-order valence-electron chi connectivity index (χ1n) is 14.8. The molecule has 0 unspecified atom stereocenters. The molecule has 0 atom stereocenters. The highest BCUT2D eigenvalue weighted by molar-refractivity contribution is 5.97. The molecule has 5 rings (SSSR count). The van der Waals surface area contributed by atoms with E-state index >= 15 is 0 Å². The number of nitrogens with zero attached hydrogens (tertiary/aromatic N) is 1. The molecule has 0 bridgehead atoms. The van der Waals surface area contributed by atoms with E-state index in [0.29, 0.717) is 30.3 Å². The fraction of sp³-hybridized carbons (Fsp3) is 0.364. The third-order valence-electron chi connectivity index (χ3n) is 7.59. The molecule has 0 spiro atoms. The fourth-order valence-corrected chi connectivity index (χ4v) is 5.09. The van der Waals surface area contributed by atoms with E-state index in [4.69, 9.17) is 4.74 Å². The zero-order valence-corrected chi connectivity index (χ0v) is 23.8. The minimum Gasteiger partial charge on any atom is -0.446 e. The molecule has 1 saturated heterocycles. The minimum absolute atomic E-state index is 0.116. The Bertz CT molecular complexity index is 1350. The Labute approximate surface area is 247 Å². The molecule has 9 heteroatoms. The monoisotopic (exact) mass is 569 g/mol. The van der Waals surface area contributed by atoms with E-state index in [1.807, 2.05) is 54.6 Å². The molecule has 3 aromatic carbocycles. The number of para-hydroxylation sites is 1. The van der Waals surface area contributed by atoms with Gasteiger partial charge >= 0.3 is 6.09 Å². The van der Waals surface area contributed by atoms with E-state index in [2.05, 4.69) is 26.2 Å². The van der Waals surface area contributed by atoms with Gasteiger partial charge in [-0.25, -0.2) is 4.79 Å². The molecule has 2 aliphatic rings. The Balaban J connectivity index is 0.996. The van der Waals surface area contributed by atoms with Crippen LogP contribution in [-0.2, 0) is 9.53 Å². The van der Waals surface area contributed by atoms with Crippen molar-refractivity contribution in [1.29, 1.82) is 0 Å². The maximum Gasteiger partial charge on any atom is 0.411 e. The van der Waals surface area contributed by atoms with Crippen LogP contribution in [0.1, 0.15) is 36.0 Å². The topological polar surface area (TPSA) is 112 Å². The van der Waals surface area contributed by atoms with E-state index in [-0.39, 0.29) is 24.5 Å². The van der Waals surface area contributed by atoms with Crippen LogP contribution in [0.4, 0.5) is 16.2 Å². The molecule has 1 heterocycles. The lowest BCUT2D eigenvalue weighted by molar-refractivity contribution is -0.115. The van der Waals surface area contributed by atoms with Crippen molar-refractivity contribution in [2.24, 2.45) is 5.92 Å². The fourth-order valence-electron chi connectivity index (χ4n) is 5.09. The van der Waals surface area contributed by atoms with Crippen LogP contribution >= 0.6 is 0 Å². The molecule has 1 aliphatic carbocycles. The molecule has 1 saturated carbocycles. The van der Waals surface area contributed by atoms with E-state index < -0.39 is 6.09 Å². The first kappa shape index (κ1) is 29.3. The molecule has 9 nitrogen and oxygen atoms in total. The lowest BCUT2D eigenvalue weighted by Gasteiger charge is -2.31. The standard InChI is InChI=1S/C33H39N5O4/c39-31(23-34-22-24-13-14-24)36-27-10-6-9-26(21-27)32(40)35-17-20-38-18-15-28(16-19-38)42-33(41)37-30-12-5-4-11-29(30)25-7-2-1-3-8-25/h1-12,21,24,28,34H,13-20,22-23H2,(H,35,40)(H,36,39)(H,37,41). The zero-order chi connectivity index (χ0) is 29.1. The summed E-state index contributed by atoms with van der Waals surface area (Å²) in [6.07, 6.45) is 3.35. The van der Waals surface area contributed by atoms with Gasteiger partial charge in [0.1, 0.15) is 6.10 Å². The van der Waals surface area contributed by atoms with Crippen molar-refractivity contribution in [2.75, 3.05) is 49.9 Å². The lowest BCUT2D eigenvalue weighted by Crippen LogP contribution is -2.42. The minimum atomic E-state index is -0.447. The molecule has 0 radical (unpaired) electrons. The number of carbonyl (C=O) groups is 3. The van der Waals surface area contributed by atoms with E-state index in [1.165, 1.54) is 12.8 Å². The van der Waals surface area contributed by atoms with Crippen molar-refractivity contribution in [3.05, 3.63) is 84.4 Å². The van der Waals surface area contributed by atoms with Crippen molar-refractivity contribution in [3.8, 4) is 11.1 Å². The van der Waals surface area contributed by atoms with Gasteiger partial charge in [-0.05, 0) is 68.0 Å². The van der Waals surface area contributed by atoms with Gasteiger partial charge in [0, 0.05) is 43.0 Å². The number of piperidine rings is 1. The number of ether oxygens (including phenoxy) is 1. The van der Waals surface area contributed by atoms with Crippen LogP contribution in [-0.4, -0.2) is 68.2 Å². The molecule has 1 aliphatic heterocycles. The Morgan fingerprint density at radius 2 is 1.60 bits per heavy atom. The van der Waals surface area contributed by atoms with Gasteiger partial charge in [0.05, 0.1) is 12.2 Å². The summed E-state index contributed by atoms with van der Waals surface area (Å²) in [5, 5.41) is 11.9. The maximum atomic E-state index is 12.7. The van der Waals surface area contributed by atoms with Gasteiger partial charge in [-0.3, -0.25) is 14.9 Å². The third-order valence-corrected chi connectivity index (χ3v) is 7.59. The summed E-state index contributed by atoms with van der Waals surface area (Å²) in [6.45, 7) is 3.91. The van der Waals surface area contributed by atoms with Crippen LogP contribution in [0, 0.1) is 5.92 Å².